The maximum atomic E-state index is 9.51. The maximum absolute atomic E-state index is 9.51. The number of hydrogen-bond acceptors (Lipinski definition) is 3. The van der Waals surface area contributed by atoms with Crippen LogP contribution in [0.1, 0.15) is 16.1 Å². The minimum absolute atomic E-state index is 0.276. The topological polar surface area (TPSA) is 36.7 Å². The van der Waals surface area contributed by atoms with E-state index in [0.717, 1.165) is 24.3 Å². The van der Waals surface area contributed by atoms with Crippen molar-refractivity contribution in [3.63, 3.8) is 0 Å². The van der Waals surface area contributed by atoms with Gasteiger partial charge in [0.15, 0.2) is 0 Å². The fraction of sp³-hybridized carbons (Fsp3) is 0.286. The molecule has 2 nitrogen and oxygen atoms in total. The molecule has 0 atom stereocenters. The summed E-state index contributed by atoms with van der Waals surface area (Å²) in [6.07, 6.45) is 4.31. The van der Waals surface area contributed by atoms with Crippen molar-refractivity contribution < 1.29 is 0 Å². The van der Waals surface area contributed by atoms with Crippen LogP contribution in [0.2, 0.25) is 0 Å². The highest BCUT2D eigenvalue weighted by atomic mass is 32.1. The van der Waals surface area contributed by atoms with Crippen LogP contribution in [0, 0.1) is 16.7 Å². The molecule has 1 aromatic heterocycles. The third-order valence-electron chi connectivity index (χ3n) is 3.39. The SMILES string of the molecule is N#CC1(Cc2nccs2)Cc2ccccc2C1. The van der Waals surface area contributed by atoms with E-state index in [1.807, 2.05) is 11.6 Å². The lowest BCUT2D eigenvalue weighted by Crippen LogP contribution is -2.22. The molecule has 0 radical (unpaired) electrons. The number of nitrogens with zero attached hydrogens (tertiary/aromatic N) is 2. The fourth-order valence-electron chi connectivity index (χ4n) is 2.57. The van der Waals surface area contributed by atoms with Gasteiger partial charge in [0, 0.05) is 18.0 Å². The summed E-state index contributed by atoms with van der Waals surface area (Å²) < 4.78 is 0. The molecule has 0 bridgehead atoms. The van der Waals surface area contributed by atoms with Gasteiger partial charge in [-0.05, 0) is 24.0 Å². The van der Waals surface area contributed by atoms with Gasteiger partial charge in [0.05, 0.1) is 16.5 Å². The average Bonchev–Trinajstić information content (AvgIpc) is 2.96. The highest BCUT2D eigenvalue weighted by Crippen LogP contribution is 2.39. The van der Waals surface area contributed by atoms with Crippen LogP contribution in [-0.2, 0) is 19.3 Å². The van der Waals surface area contributed by atoms with Gasteiger partial charge >= 0.3 is 0 Å². The molecule has 0 fully saturated rings. The van der Waals surface area contributed by atoms with E-state index in [-0.39, 0.29) is 5.41 Å². The van der Waals surface area contributed by atoms with Crippen molar-refractivity contribution in [1.29, 1.82) is 5.26 Å². The summed E-state index contributed by atoms with van der Waals surface area (Å²) in [5, 5.41) is 12.6. The highest BCUT2D eigenvalue weighted by molar-refractivity contribution is 7.09. The summed E-state index contributed by atoms with van der Waals surface area (Å²) >= 11 is 1.64. The summed E-state index contributed by atoms with van der Waals surface area (Å²) in [7, 11) is 0. The molecule has 1 aliphatic carbocycles. The van der Waals surface area contributed by atoms with E-state index in [9.17, 15) is 5.26 Å². The molecule has 1 heterocycles. The smallest absolute Gasteiger partial charge is 0.0940 e. The van der Waals surface area contributed by atoms with E-state index in [1.54, 1.807) is 11.3 Å². The molecule has 84 valence electrons. The van der Waals surface area contributed by atoms with Gasteiger partial charge < -0.3 is 0 Å². The molecule has 1 aromatic carbocycles. The first-order valence-electron chi connectivity index (χ1n) is 5.68. The van der Waals surface area contributed by atoms with E-state index < -0.39 is 0 Å². The van der Waals surface area contributed by atoms with Crippen molar-refractivity contribution in [2.45, 2.75) is 19.3 Å². The molecule has 3 rings (SSSR count). The van der Waals surface area contributed by atoms with Crippen molar-refractivity contribution in [3.05, 3.63) is 52.0 Å². The Morgan fingerprint density at radius 1 is 1.29 bits per heavy atom. The lowest BCUT2D eigenvalue weighted by Gasteiger charge is -2.18. The number of aromatic nitrogens is 1. The van der Waals surface area contributed by atoms with E-state index in [2.05, 4.69) is 35.3 Å². The number of thiazole rings is 1. The zero-order valence-corrected chi connectivity index (χ0v) is 10.2. The summed E-state index contributed by atoms with van der Waals surface area (Å²) in [5.74, 6) is 0. The monoisotopic (exact) mass is 240 g/mol. The van der Waals surface area contributed by atoms with Crippen molar-refractivity contribution >= 4 is 11.3 Å². The fourth-order valence-corrected chi connectivity index (χ4v) is 3.33. The molecule has 2 aromatic rings. The van der Waals surface area contributed by atoms with Crippen LogP contribution in [-0.4, -0.2) is 4.98 Å². The van der Waals surface area contributed by atoms with Crippen molar-refractivity contribution in [3.8, 4) is 6.07 Å². The third-order valence-corrected chi connectivity index (χ3v) is 4.17. The van der Waals surface area contributed by atoms with Gasteiger partial charge in [0.25, 0.3) is 0 Å². The first-order valence-corrected chi connectivity index (χ1v) is 6.56. The molecule has 17 heavy (non-hydrogen) atoms. The Morgan fingerprint density at radius 3 is 2.53 bits per heavy atom. The van der Waals surface area contributed by atoms with Crippen molar-refractivity contribution in [1.82, 2.24) is 4.98 Å². The Labute approximate surface area is 105 Å². The predicted octanol–water partition coefficient (Wildman–Crippen LogP) is 2.99. The zero-order chi connectivity index (χ0) is 11.7. The van der Waals surface area contributed by atoms with E-state index in [0.29, 0.717) is 0 Å². The van der Waals surface area contributed by atoms with Crippen LogP contribution in [0.15, 0.2) is 35.8 Å². The van der Waals surface area contributed by atoms with E-state index in [4.69, 9.17) is 0 Å². The predicted molar refractivity (Wildman–Crippen MR) is 67.7 cm³/mol. The Morgan fingerprint density at radius 2 is 2.00 bits per heavy atom. The molecule has 0 aliphatic heterocycles. The molecule has 0 saturated heterocycles. The summed E-state index contributed by atoms with van der Waals surface area (Å²) in [6, 6.07) is 10.9. The molecule has 0 saturated carbocycles. The Balaban J connectivity index is 1.90. The Hall–Kier alpha value is -1.66. The molecular formula is C14H12N2S. The lowest BCUT2D eigenvalue weighted by molar-refractivity contribution is 0.417. The van der Waals surface area contributed by atoms with Gasteiger partial charge in [-0.25, -0.2) is 4.98 Å². The summed E-state index contributed by atoms with van der Waals surface area (Å²) in [5.41, 5.74) is 2.37. The summed E-state index contributed by atoms with van der Waals surface area (Å²) in [6.45, 7) is 0. The van der Waals surface area contributed by atoms with Crippen molar-refractivity contribution in [2.75, 3.05) is 0 Å². The first-order chi connectivity index (χ1) is 8.31. The minimum atomic E-state index is -0.276. The van der Waals surface area contributed by atoms with Gasteiger partial charge in [-0.1, -0.05) is 24.3 Å². The second kappa shape index (κ2) is 3.97. The zero-order valence-electron chi connectivity index (χ0n) is 9.39. The first kappa shape index (κ1) is 10.5. The minimum Gasteiger partial charge on any atom is -0.250 e. The number of fused-ring (bicyclic) bond motifs is 1. The number of rotatable bonds is 2. The number of hydrogen-bond donors (Lipinski definition) is 0. The average molecular weight is 240 g/mol. The van der Waals surface area contributed by atoms with Crippen molar-refractivity contribution in [2.24, 2.45) is 5.41 Å². The van der Waals surface area contributed by atoms with Gasteiger partial charge in [-0.15, -0.1) is 11.3 Å². The quantitative estimate of drug-likeness (QED) is 0.809. The van der Waals surface area contributed by atoms with Gasteiger partial charge in [-0.2, -0.15) is 5.26 Å². The number of benzene rings is 1. The number of nitriles is 1. The van der Waals surface area contributed by atoms with Gasteiger partial charge in [0.1, 0.15) is 0 Å². The van der Waals surface area contributed by atoms with Crippen LogP contribution >= 0.6 is 11.3 Å². The second-order valence-corrected chi connectivity index (χ2v) is 5.60. The van der Waals surface area contributed by atoms with Crippen LogP contribution in [0.5, 0.6) is 0 Å². The highest BCUT2D eigenvalue weighted by Gasteiger charge is 2.38. The molecule has 3 heteroatoms. The largest absolute Gasteiger partial charge is 0.250 e. The van der Waals surface area contributed by atoms with Crippen LogP contribution in [0.25, 0.3) is 0 Å². The second-order valence-electron chi connectivity index (χ2n) is 4.62. The van der Waals surface area contributed by atoms with Gasteiger partial charge in [-0.3, -0.25) is 0 Å². The van der Waals surface area contributed by atoms with E-state index >= 15 is 0 Å². The standard InChI is InChI=1S/C14H12N2S/c15-10-14(9-13-16-5-6-17-13)7-11-3-1-2-4-12(11)8-14/h1-6H,7-9H2. The Bertz CT molecular complexity index is 536. The molecule has 0 spiro atoms. The molecular weight excluding hydrogens is 228 g/mol. The van der Waals surface area contributed by atoms with E-state index in [1.165, 1.54) is 11.1 Å². The molecule has 0 N–H and O–H groups in total. The molecule has 0 amide bonds. The van der Waals surface area contributed by atoms with Crippen LogP contribution in [0.4, 0.5) is 0 Å². The molecule has 0 unspecified atom stereocenters. The summed E-state index contributed by atoms with van der Waals surface area (Å²) in [4.78, 5) is 4.30. The maximum Gasteiger partial charge on any atom is 0.0940 e. The Kier molecular flexibility index (Phi) is 2.45. The molecule has 1 aliphatic rings. The normalized spacial score (nSPS) is 16.4. The van der Waals surface area contributed by atoms with Gasteiger partial charge in [0.2, 0.25) is 0 Å². The third kappa shape index (κ3) is 1.85. The lowest BCUT2D eigenvalue weighted by atomic mass is 9.83. The van der Waals surface area contributed by atoms with Crippen LogP contribution in [0.3, 0.4) is 0 Å². The van der Waals surface area contributed by atoms with Crippen LogP contribution < -0.4 is 0 Å².